The van der Waals surface area contributed by atoms with Crippen LogP contribution in [0.5, 0.6) is 0 Å². The summed E-state index contributed by atoms with van der Waals surface area (Å²) in [5.74, 6) is 1.33. The van der Waals surface area contributed by atoms with Gasteiger partial charge in [0.05, 0.1) is 6.04 Å². The molecule has 1 aromatic rings. The van der Waals surface area contributed by atoms with E-state index >= 15 is 0 Å². The van der Waals surface area contributed by atoms with E-state index in [1.54, 1.807) is 7.11 Å². The Morgan fingerprint density at radius 2 is 2.11 bits per heavy atom. The summed E-state index contributed by atoms with van der Waals surface area (Å²) in [5, 5.41) is 3.98. The molecule has 1 aromatic heterocycles. The molecule has 2 unspecified atom stereocenters. The smallest absolute Gasteiger partial charge is 0.243 e. The van der Waals surface area contributed by atoms with Crippen molar-refractivity contribution in [3.05, 3.63) is 11.7 Å². The van der Waals surface area contributed by atoms with Gasteiger partial charge in [-0.25, -0.2) is 0 Å². The fraction of sp³-hybridized carbons (Fsp3) is 0.846. The molecule has 6 nitrogen and oxygen atoms in total. The molecule has 1 rings (SSSR count). The van der Waals surface area contributed by atoms with Crippen LogP contribution in [0.3, 0.4) is 0 Å². The molecule has 0 amide bonds. The average Bonchev–Trinajstić information content (AvgIpc) is 2.85. The fourth-order valence-electron chi connectivity index (χ4n) is 1.83. The third kappa shape index (κ3) is 4.89. The highest BCUT2D eigenvalue weighted by atomic mass is 16.5. The monoisotopic (exact) mass is 271 g/mol. The van der Waals surface area contributed by atoms with E-state index in [2.05, 4.69) is 24.0 Å². The second kappa shape index (κ2) is 8.24. The molecule has 110 valence electrons. The first-order valence-corrected chi connectivity index (χ1v) is 6.79. The van der Waals surface area contributed by atoms with E-state index < -0.39 is 0 Å². The molecule has 1 heterocycles. The molecular weight excluding hydrogens is 246 g/mol. The normalized spacial score (nSPS) is 14.8. The van der Waals surface area contributed by atoms with Crippen LogP contribution in [-0.2, 0) is 9.47 Å². The number of hydrogen-bond acceptors (Lipinski definition) is 6. The first kappa shape index (κ1) is 16.1. The number of aromatic nitrogens is 2. The lowest BCUT2D eigenvalue weighted by Gasteiger charge is -2.16. The van der Waals surface area contributed by atoms with Crippen LogP contribution in [0.25, 0.3) is 0 Å². The zero-order valence-electron chi connectivity index (χ0n) is 12.3. The van der Waals surface area contributed by atoms with Gasteiger partial charge in [-0.1, -0.05) is 19.0 Å². The highest BCUT2D eigenvalue weighted by Crippen LogP contribution is 2.24. The zero-order valence-corrected chi connectivity index (χ0v) is 12.3. The van der Waals surface area contributed by atoms with Crippen molar-refractivity contribution in [3.63, 3.8) is 0 Å². The average molecular weight is 271 g/mol. The van der Waals surface area contributed by atoms with Crippen LogP contribution < -0.4 is 5.73 Å². The predicted molar refractivity (Wildman–Crippen MR) is 71.5 cm³/mol. The topological polar surface area (TPSA) is 83.4 Å². The first-order valence-electron chi connectivity index (χ1n) is 6.79. The molecule has 0 aliphatic heterocycles. The van der Waals surface area contributed by atoms with Gasteiger partial charge in [0.1, 0.15) is 6.10 Å². The Labute approximate surface area is 114 Å². The van der Waals surface area contributed by atoms with Crippen molar-refractivity contribution in [1.29, 1.82) is 0 Å². The lowest BCUT2D eigenvalue weighted by molar-refractivity contribution is 0.0217. The molecule has 0 saturated heterocycles. The van der Waals surface area contributed by atoms with Crippen molar-refractivity contribution in [2.75, 3.05) is 20.3 Å². The number of methoxy groups -OCH3 is 1. The van der Waals surface area contributed by atoms with Crippen LogP contribution in [0.1, 0.15) is 57.5 Å². The van der Waals surface area contributed by atoms with Gasteiger partial charge >= 0.3 is 0 Å². The summed E-state index contributed by atoms with van der Waals surface area (Å²) in [5.41, 5.74) is 6.01. The summed E-state index contributed by atoms with van der Waals surface area (Å²) in [6.45, 7) is 7.38. The molecule has 2 atom stereocenters. The third-order valence-corrected chi connectivity index (χ3v) is 2.84. The van der Waals surface area contributed by atoms with Gasteiger partial charge in [-0.05, 0) is 25.7 Å². The van der Waals surface area contributed by atoms with Crippen molar-refractivity contribution < 1.29 is 14.0 Å². The summed E-state index contributed by atoms with van der Waals surface area (Å²) in [4.78, 5) is 4.36. The number of nitrogens with two attached hydrogens (primary N) is 1. The number of hydrogen-bond donors (Lipinski definition) is 1. The summed E-state index contributed by atoms with van der Waals surface area (Å²) < 4.78 is 15.9. The number of ether oxygens (including phenoxy) is 2. The molecule has 0 radical (unpaired) electrons. The SMILES string of the molecule is CCOC(c1noc(C(N)CCCOC)n1)C(C)C. The van der Waals surface area contributed by atoms with E-state index in [1.807, 2.05) is 6.92 Å². The van der Waals surface area contributed by atoms with Gasteiger partial charge in [-0.3, -0.25) is 0 Å². The molecule has 19 heavy (non-hydrogen) atoms. The molecule has 0 aliphatic rings. The first-order chi connectivity index (χ1) is 9.10. The Morgan fingerprint density at radius 1 is 1.37 bits per heavy atom. The lowest BCUT2D eigenvalue weighted by atomic mass is 10.1. The maximum absolute atomic E-state index is 6.01. The van der Waals surface area contributed by atoms with E-state index in [0.717, 1.165) is 12.8 Å². The Hall–Kier alpha value is -0.980. The van der Waals surface area contributed by atoms with Crippen LogP contribution in [0.15, 0.2) is 4.52 Å². The van der Waals surface area contributed by atoms with Gasteiger partial charge in [-0.2, -0.15) is 4.98 Å². The highest BCUT2D eigenvalue weighted by Gasteiger charge is 2.23. The molecule has 0 spiro atoms. The summed E-state index contributed by atoms with van der Waals surface area (Å²) in [7, 11) is 1.67. The van der Waals surface area contributed by atoms with Crippen molar-refractivity contribution in [1.82, 2.24) is 10.1 Å². The van der Waals surface area contributed by atoms with Gasteiger partial charge in [0.2, 0.25) is 11.7 Å². The molecule has 0 bridgehead atoms. The highest BCUT2D eigenvalue weighted by molar-refractivity contribution is 4.96. The van der Waals surface area contributed by atoms with Crippen molar-refractivity contribution in [3.8, 4) is 0 Å². The fourth-order valence-corrected chi connectivity index (χ4v) is 1.83. The summed E-state index contributed by atoms with van der Waals surface area (Å²) in [6, 6.07) is -0.245. The number of rotatable bonds is 9. The van der Waals surface area contributed by atoms with Crippen molar-refractivity contribution in [2.24, 2.45) is 11.7 Å². The standard InChI is InChI=1S/C13H25N3O3/c1-5-18-11(9(2)3)12-15-13(19-16-12)10(14)7-6-8-17-4/h9-11H,5-8,14H2,1-4H3. The largest absolute Gasteiger partial charge is 0.385 e. The van der Waals surface area contributed by atoms with Gasteiger partial charge in [0.25, 0.3) is 0 Å². The summed E-state index contributed by atoms with van der Waals surface area (Å²) >= 11 is 0. The molecule has 0 aliphatic carbocycles. The van der Waals surface area contributed by atoms with E-state index in [1.165, 1.54) is 0 Å². The Balaban J connectivity index is 2.63. The van der Waals surface area contributed by atoms with Crippen molar-refractivity contribution >= 4 is 0 Å². The van der Waals surface area contributed by atoms with Gasteiger partial charge in [0, 0.05) is 20.3 Å². The molecule has 6 heteroatoms. The maximum Gasteiger partial charge on any atom is 0.243 e. The maximum atomic E-state index is 6.01. The minimum atomic E-state index is -0.245. The summed E-state index contributed by atoms with van der Waals surface area (Å²) in [6.07, 6.45) is 1.49. The minimum absolute atomic E-state index is 0.145. The van der Waals surface area contributed by atoms with Gasteiger partial charge in [0.15, 0.2) is 0 Å². The molecular formula is C13H25N3O3. The van der Waals surface area contributed by atoms with Crippen LogP contribution in [0, 0.1) is 5.92 Å². The Kier molecular flexibility index (Phi) is 6.97. The van der Waals surface area contributed by atoms with E-state index in [9.17, 15) is 0 Å². The van der Waals surface area contributed by atoms with Gasteiger partial charge < -0.3 is 19.7 Å². The van der Waals surface area contributed by atoms with E-state index in [4.69, 9.17) is 19.7 Å². The predicted octanol–water partition coefficient (Wildman–Crippen LogP) is 2.23. The molecule has 2 N–H and O–H groups in total. The Morgan fingerprint density at radius 3 is 2.68 bits per heavy atom. The Bertz CT molecular complexity index is 355. The van der Waals surface area contributed by atoms with Crippen LogP contribution in [0.2, 0.25) is 0 Å². The second-order valence-corrected chi connectivity index (χ2v) is 4.85. The molecule has 0 fully saturated rings. The second-order valence-electron chi connectivity index (χ2n) is 4.85. The number of nitrogens with zero attached hydrogens (tertiary/aromatic N) is 2. The third-order valence-electron chi connectivity index (χ3n) is 2.84. The molecule has 0 saturated carbocycles. The van der Waals surface area contributed by atoms with Gasteiger partial charge in [-0.15, -0.1) is 0 Å². The molecule has 0 aromatic carbocycles. The van der Waals surface area contributed by atoms with E-state index in [-0.39, 0.29) is 18.1 Å². The van der Waals surface area contributed by atoms with Crippen LogP contribution in [0.4, 0.5) is 0 Å². The quantitative estimate of drug-likeness (QED) is 0.693. The van der Waals surface area contributed by atoms with Crippen molar-refractivity contribution in [2.45, 2.75) is 45.8 Å². The minimum Gasteiger partial charge on any atom is -0.385 e. The van der Waals surface area contributed by atoms with Crippen LogP contribution >= 0.6 is 0 Å². The van der Waals surface area contributed by atoms with Crippen LogP contribution in [-0.4, -0.2) is 30.5 Å². The zero-order chi connectivity index (χ0) is 14.3. The van der Waals surface area contributed by atoms with E-state index in [0.29, 0.717) is 24.9 Å². The lowest BCUT2D eigenvalue weighted by Crippen LogP contribution is -2.14.